The molecule has 5 rings (SSSR count). The fourth-order valence-electron chi connectivity index (χ4n) is 4.59. The second-order valence-corrected chi connectivity index (χ2v) is 7.75. The number of fused-ring (bicyclic) bond motifs is 5. The van der Waals surface area contributed by atoms with Crippen molar-refractivity contribution in [3.8, 4) is 11.5 Å². The number of hydrogen-bond donors (Lipinski definition) is 0. The van der Waals surface area contributed by atoms with Crippen LogP contribution >= 0.6 is 0 Å². The maximum Gasteiger partial charge on any atom is 0.264 e. The lowest BCUT2D eigenvalue weighted by molar-refractivity contribution is 0.0629. The zero-order chi connectivity index (χ0) is 21.7. The molecule has 31 heavy (non-hydrogen) atoms. The highest BCUT2D eigenvalue weighted by atomic mass is 16.5. The van der Waals surface area contributed by atoms with Crippen LogP contribution in [0.5, 0.6) is 11.5 Å². The second kappa shape index (κ2) is 7.16. The van der Waals surface area contributed by atoms with E-state index in [0.717, 1.165) is 16.7 Å². The van der Waals surface area contributed by atoms with E-state index in [1.165, 1.54) is 7.11 Å². The molecule has 2 amide bonds. The summed E-state index contributed by atoms with van der Waals surface area (Å²) in [7, 11) is 3.06. The summed E-state index contributed by atoms with van der Waals surface area (Å²) in [4.78, 5) is 30.7. The number of hydrogen-bond acceptors (Lipinski definition) is 4. The van der Waals surface area contributed by atoms with E-state index in [4.69, 9.17) is 9.47 Å². The van der Waals surface area contributed by atoms with Crippen LogP contribution in [0.4, 0.5) is 5.69 Å². The molecule has 0 fully saturated rings. The van der Waals surface area contributed by atoms with Gasteiger partial charge in [0.05, 0.1) is 31.0 Å². The van der Waals surface area contributed by atoms with Crippen LogP contribution in [-0.4, -0.2) is 30.9 Å². The highest BCUT2D eigenvalue weighted by molar-refractivity contribution is 6.18. The molecular weight excluding hydrogens is 392 g/mol. The molecule has 0 saturated heterocycles. The minimum Gasteiger partial charge on any atom is -0.493 e. The molecule has 0 aromatic heterocycles. The molecule has 3 aromatic carbocycles. The molecule has 0 N–H and O–H groups in total. The van der Waals surface area contributed by atoms with Gasteiger partial charge in [0.25, 0.3) is 11.8 Å². The molecule has 0 aliphatic carbocycles. The van der Waals surface area contributed by atoms with Crippen LogP contribution in [0.1, 0.15) is 43.6 Å². The van der Waals surface area contributed by atoms with Crippen molar-refractivity contribution in [1.29, 1.82) is 0 Å². The Hall–Kier alpha value is -3.80. The van der Waals surface area contributed by atoms with Gasteiger partial charge >= 0.3 is 0 Å². The molecule has 1 unspecified atom stereocenters. The van der Waals surface area contributed by atoms with E-state index in [0.29, 0.717) is 34.9 Å². The molecule has 6 heteroatoms. The van der Waals surface area contributed by atoms with Crippen LogP contribution < -0.4 is 14.4 Å². The number of carbonyl (C=O) groups is 2. The third-order valence-electron chi connectivity index (χ3n) is 5.92. The molecule has 1 atom stereocenters. The highest BCUT2D eigenvalue weighted by Gasteiger charge is 2.49. The summed E-state index contributed by atoms with van der Waals surface area (Å²) < 4.78 is 11.0. The van der Waals surface area contributed by atoms with Crippen molar-refractivity contribution in [2.75, 3.05) is 19.1 Å². The van der Waals surface area contributed by atoms with Gasteiger partial charge < -0.3 is 14.4 Å². The van der Waals surface area contributed by atoms with Crippen molar-refractivity contribution >= 4 is 17.5 Å². The number of nitrogens with zero attached hydrogens (tertiary/aromatic N) is 2. The number of benzene rings is 3. The predicted octanol–water partition coefficient (Wildman–Crippen LogP) is 4.33. The van der Waals surface area contributed by atoms with E-state index < -0.39 is 6.17 Å². The van der Waals surface area contributed by atoms with E-state index in [1.54, 1.807) is 29.0 Å². The van der Waals surface area contributed by atoms with Gasteiger partial charge in [-0.2, -0.15) is 0 Å². The summed E-state index contributed by atoms with van der Waals surface area (Å²) >= 11 is 0. The first kappa shape index (κ1) is 19.2. The van der Waals surface area contributed by atoms with Gasteiger partial charge in [0.2, 0.25) is 0 Å². The molecular formula is C25H22N2O4. The van der Waals surface area contributed by atoms with Crippen molar-refractivity contribution in [3.05, 3.63) is 88.5 Å². The standard InChI is InChI=1S/C25H22N2O4/c1-15-7-6-8-16(13-15)14-26-23-18-11-12-20(30-2)22(31-3)21(18)25(29)27(23)19-10-5-4-9-17(19)24(26)28/h4-13,23H,14H2,1-3H3. The van der Waals surface area contributed by atoms with Crippen molar-refractivity contribution in [2.24, 2.45) is 0 Å². The Morgan fingerprint density at radius 3 is 2.45 bits per heavy atom. The van der Waals surface area contributed by atoms with Gasteiger partial charge in [-0.3, -0.25) is 14.5 Å². The average molecular weight is 414 g/mol. The zero-order valence-corrected chi connectivity index (χ0v) is 17.6. The first-order valence-electron chi connectivity index (χ1n) is 10.1. The number of methoxy groups -OCH3 is 2. The molecule has 0 saturated carbocycles. The van der Waals surface area contributed by atoms with Crippen LogP contribution in [0.2, 0.25) is 0 Å². The molecule has 2 heterocycles. The van der Waals surface area contributed by atoms with Gasteiger partial charge in [-0.05, 0) is 30.7 Å². The largest absolute Gasteiger partial charge is 0.493 e. The summed E-state index contributed by atoms with van der Waals surface area (Å²) in [6, 6.07) is 18.9. The number of aryl methyl sites for hydroxylation is 1. The topological polar surface area (TPSA) is 59.1 Å². The molecule has 0 bridgehead atoms. The monoisotopic (exact) mass is 414 g/mol. The van der Waals surface area contributed by atoms with Gasteiger partial charge in [0, 0.05) is 12.1 Å². The summed E-state index contributed by atoms with van der Waals surface area (Å²) in [6.07, 6.45) is -0.551. The van der Waals surface area contributed by atoms with Gasteiger partial charge in [-0.25, -0.2) is 0 Å². The van der Waals surface area contributed by atoms with Crippen LogP contribution in [0.25, 0.3) is 0 Å². The van der Waals surface area contributed by atoms with Gasteiger partial charge in [-0.1, -0.05) is 48.0 Å². The average Bonchev–Trinajstić information content (AvgIpc) is 3.08. The Labute approximate surface area is 180 Å². The summed E-state index contributed by atoms with van der Waals surface area (Å²) in [5, 5.41) is 0. The summed E-state index contributed by atoms with van der Waals surface area (Å²) in [6.45, 7) is 2.41. The van der Waals surface area contributed by atoms with Gasteiger partial charge in [0.1, 0.15) is 6.17 Å². The van der Waals surface area contributed by atoms with E-state index in [-0.39, 0.29) is 11.8 Å². The van der Waals surface area contributed by atoms with E-state index in [2.05, 4.69) is 6.07 Å². The maximum atomic E-state index is 13.7. The minimum absolute atomic E-state index is 0.103. The molecule has 2 aliphatic heterocycles. The lowest BCUT2D eigenvalue weighted by atomic mass is 10.0. The van der Waals surface area contributed by atoms with Crippen LogP contribution in [0.3, 0.4) is 0 Å². The fourth-order valence-corrected chi connectivity index (χ4v) is 4.59. The van der Waals surface area contributed by atoms with Crippen molar-refractivity contribution in [2.45, 2.75) is 19.6 Å². The Morgan fingerprint density at radius 2 is 1.71 bits per heavy atom. The quantitative estimate of drug-likeness (QED) is 0.638. The maximum absolute atomic E-state index is 13.7. The van der Waals surface area contributed by atoms with Crippen molar-refractivity contribution in [3.63, 3.8) is 0 Å². The SMILES string of the molecule is COc1ccc2c(c1OC)C(=O)N1c3ccccc3C(=O)N(Cc3cccc(C)c3)C21. The van der Waals surface area contributed by atoms with Crippen LogP contribution in [0.15, 0.2) is 60.7 Å². The van der Waals surface area contributed by atoms with Crippen LogP contribution in [0, 0.1) is 6.92 Å². The molecule has 0 spiro atoms. The predicted molar refractivity (Wildman–Crippen MR) is 117 cm³/mol. The highest BCUT2D eigenvalue weighted by Crippen LogP contribution is 2.50. The lowest BCUT2D eigenvalue weighted by Gasteiger charge is -2.41. The lowest BCUT2D eigenvalue weighted by Crippen LogP contribution is -2.47. The zero-order valence-electron chi connectivity index (χ0n) is 17.6. The van der Waals surface area contributed by atoms with Crippen molar-refractivity contribution in [1.82, 2.24) is 4.90 Å². The second-order valence-electron chi connectivity index (χ2n) is 7.75. The summed E-state index contributed by atoms with van der Waals surface area (Å²) in [5.74, 6) is 0.567. The van der Waals surface area contributed by atoms with E-state index in [1.807, 2.05) is 49.4 Å². The molecule has 2 aliphatic rings. The number of carbonyl (C=O) groups excluding carboxylic acids is 2. The normalized spacial score (nSPS) is 16.7. The number of rotatable bonds is 4. The Balaban J connectivity index is 1.72. The van der Waals surface area contributed by atoms with Crippen LogP contribution in [-0.2, 0) is 6.54 Å². The van der Waals surface area contributed by atoms with Crippen molar-refractivity contribution < 1.29 is 19.1 Å². The number of para-hydroxylation sites is 1. The Kier molecular flexibility index (Phi) is 4.43. The molecule has 6 nitrogen and oxygen atoms in total. The Bertz CT molecular complexity index is 1220. The van der Waals surface area contributed by atoms with Gasteiger partial charge in [-0.15, -0.1) is 0 Å². The third kappa shape index (κ3) is 2.79. The van der Waals surface area contributed by atoms with E-state index in [9.17, 15) is 9.59 Å². The number of anilines is 1. The minimum atomic E-state index is -0.551. The molecule has 3 aromatic rings. The fraction of sp³-hybridized carbons (Fsp3) is 0.200. The summed E-state index contributed by atoms with van der Waals surface area (Å²) in [5.41, 5.74) is 4.42. The smallest absolute Gasteiger partial charge is 0.264 e. The Morgan fingerprint density at radius 1 is 0.903 bits per heavy atom. The first-order chi connectivity index (χ1) is 15.0. The number of ether oxygens (including phenoxy) is 2. The number of amides is 2. The van der Waals surface area contributed by atoms with E-state index >= 15 is 0 Å². The molecule has 156 valence electrons. The third-order valence-corrected chi connectivity index (χ3v) is 5.92. The first-order valence-corrected chi connectivity index (χ1v) is 10.1. The van der Waals surface area contributed by atoms with Gasteiger partial charge in [0.15, 0.2) is 11.5 Å². The molecule has 0 radical (unpaired) electrons.